The number of methoxy groups -OCH3 is 1. The number of carbonyl (C=O) groups is 2. The molecule has 1 N–H and O–H groups in total. The fourth-order valence-electron chi connectivity index (χ4n) is 2.69. The number of likely N-dealkylation sites (N-methyl/N-ethyl adjacent to an activating group) is 1. The van der Waals surface area contributed by atoms with Gasteiger partial charge in [0.2, 0.25) is 11.8 Å². The van der Waals surface area contributed by atoms with E-state index in [4.69, 9.17) is 9.15 Å². The summed E-state index contributed by atoms with van der Waals surface area (Å²) in [6.45, 7) is 4.19. The maximum absolute atomic E-state index is 12.5. The number of carbonyl (C=O) groups excluding carboxylic acids is 2. The predicted molar refractivity (Wildman–Crippen MR) is 85.0 cm³/mol. The number of rotatable bonds is 6. The Bertz CT molecular complexity index is 543. The van der Waals surface area contributed by atoms with Crippen molar-refractivity contribution in [2.75, 3.05) is 46.9 Å². The molecule has 1 saturated heterocycles. The average molecular weight is 323 g/mol. The highest BCUT2D eigenvalue weighted by Gasteiger charge is 2.33. The van der Waals surface area contributed by atoms with Gasteiger partial charge in [0, 0.05) is 39.7 Å². The van der Waals surface area contributed by atoms with Crippen molar-refractivity contribution in [2.24, 2.45) is 0 Å². The molecule has 7 heteroatoms. The van der Waals surface area contributed by atoms with Gasteiger partial charge >= 0.3 is 0 Å². The van der Waals surface area contributed by atoms with Gasteiger partial charge in [0.15, 0.2) is 0 Å². The minimum Gasteiger partial charge on any atom is -0.466 e. The van der Waals surface area contributed by atoms with Crippen LogP contribution in [-0.2, 0) is 20.7 Å². The van der Waals surface area contributed by atoms with Crippen molar-refractivity contribution in [3.8, 4) is 0 Å². The van der Waals surface area contributed by atoms with E-state index in [-0.39, 0.29) is 18.4 Å². The predicted octanol–water partition coefficient (Wildman–Crippen LogP) is 0.0357. The molecule has 2 heterocycles. The van der Waals surface area contributed by atoms with Crippen LogP contribution < -0.4 is 5.32 Å². The molecule has 0 spiro atoms. The average Bonchev–Trinajstić information content (AvgIpc) is 2.92. The van der Waals surface area contributed by atoms with E-state index in [1.165, 1.54) is 7.11 Å². The van der Waals surface area contributed by atoms with Gasteiger partial charge in [0.25, 0.3) is 0 Å². The Hall–Kier alpha value is -1.86. The van der Waals surface area contributed by atoms with Crippen molar-refractivity contribution >= 4 is 11.8 Å². The van der Waals surface area contributed by atoms with E-state index in [1.807, 2.05) is 26.1 Å². The summed E-state index contributed by atoms with van der Waals surface area (Å²) in [6, 6.07) is 3.33. The summed E-state index contributed by atoms with van der Waals surface area (Å²) < 4.78 is 10.4. The number of hydrogen-bond donors (Lipinski definition) is 1. The fraction of sp³-hybridized carbons (Fsp3) is 0.625. The highest BCUT2D eigenvalue weighted by molar-refractivity contribution is 5.88. The van der Waals surface area contributed by atoms with Crippen LogP contribution >= 0.6 is 0 Å². The van der Waals surface area contributed by atoms with Crippen LogP contribution in [0.2, 0.25) is 0 Å². The van der Waals surface area contributed by atoms with E-state index in [0.717, 1.165) is 18.1 Å². The normalized spacial score (nSPS) is 18.9. The lowest BCUT2D eigenvalue weighted by Gasteiger charge is -2.38. The molecular weight excluding hydrogens is 298 g/mol. The molecule has 128 valence electrons. The van der Waals surface area contributed by atoms with Crippen molar-refractivity contribution in [3.63, 3.8) is 0 Å². The van der Waals surface area contributed by atoms with Gasteiger partial charge in [-0.3, -0.25) is 9.59 Å². The molecule has 0 aromatic carbocycles. The topological polar surface area (TPSA) is 75.0 Å². The minimum absolute atomic E-state index is 0.000827. The Kier molecular flexibility index (Phi) is 6.18. The summed E-state index contributed by atoms with van der Waals surface area (Å²) in [4.78, 5) is 28.2. The van der Waals surface area contributed by atoms with Crippen LogP contribution in [0.1, 0.15) is 11.5 Å². The van der Waals surface area contributed by atoms with Gasteiger partial charge in [-0.25, -0.2) is 0 Å². The second kappa shape index (κ2) is 8.12. The molecule has 2 amide bonds. The molecule has 0 radical (unpaired) electrons. The lowest BCUT2D eigenvalue weighted by molar-refractivity contribution is -0.146. The first-order chi connectivity index (χ1) is 11.0. The molecular formula is C16H25N3O4. The number of hydrogen-bond acceptors (Lipinski definition) is 5. The van der Waals surface area contributed by atoms with Crippen LogP contribution in [0.5, 0.6) is 0 Å². The van der Waals surface area contributed by atoms with Crippen molar-refractivity contribution in [2.45, 2.75) is 19.4 Å². The first-order valence-corrected chi connectivity index (χ1v) is 7.81. The highest BCUT2D eigenvalue weighted by Crippen LogP contribution is 2.10. The number of furan rings is 1. The minimum atomic E-state index is -0.477. The molecule has 1 unspecified atom stereocenters. The van der Waals surface area contributed by atoms with Crippen LogP contribution in [0.4, 0.5) is 0 Å². The number of ether oxygens (including phenoxy) is 1. The largest absolute Gasteiger partial charge is 0.466 e. The standard InChI is InChI=1S/C16H25N3O4/c1-12-4-5-13(23-12)6-7-17-16(21)14-10-18(2)8-9-19(14)15(20)11-22-3/h4-5,14H,6-11H2,1-3H3,(H,17,21). The van der Waals surface area contributed by atoms with E-state index in [2.05, 4.69) is 10.2 Å². The third kappa shape index (κ3) is 4.80. The summed E-state index contributed by atoms with van der Waals surface area (Å²) >= 11 is 0. The quantitative estimate of drug-likeness (QED) is 0.800. The molecule has 0 saturated carbocycles. The van der Waals surface area contributed by atoms with E-state index in [0.29, 0.717) is 26.1 Å². The summed E-state index contributed by atoms with van der Waals surface area (Å²) in [5.41, 5.74) is 0. The fourth-order valence-corrected chi connectivity index (χ4v) is 2.69. The smallest absolute Gasteiger partial charge is 0.249 e. The summed E-state index contributed by atoms with van der Waals surface area (Å²) in [5.74, 6) is 1.42. The van der Waals surface area contributed by atoms with Gasteiger partial charge in [0.05, 0.1) is 0 Å². The van der Waals surface area contributed by atoms with E-state index < -0.39 is 6.04 Å². The maximum Gasteiger partial charge on any atom is 0.249 e. The van der Waals surface area contributed by atoms with Gasteiger partial charge in [-0.2, -0.15) is 0 Å². The number of aryl methyl sites for hydroxylation is 1. The zero-order chi connectivity index (χ0) is 16.8. The summed E-state index contributed by atoms with van der Waals surface area (Å²) in [7, 11) is 3.43. The third-order valence-electron chi connectivity index (χ3n) is 3.94. The van der Waals surface area contributed by atoms with Crippen LogP contribution in [0, 0.1) is 6.92 Å². The molecule has 1 aliphatic heterocycles. The Morgan fingerprint density at radius 2 is 2.17 bits per heavy atom. The molecule has 1 fully saturated rings. The molecule has 1 atom stereocenters. The Morgan fingerprint density at radius 1 is 1.39 bits per heavy atom. The van der Waals surface area contributed by atoms with Crippen molar-refractivity contribution in [1.82, 2.24) is 15.1 Å². The third-order valence-corrected chi connectivity index (χ3v) is 3.94. The lowest BCUT2D eigenvalue weighted by atomic mass is 10.1. The number of amides is 2. The number of nitrogens with one attached hydrogen (secondary N) is 1. The van der Waals surface area contributed by atoms with Crippen LogP contribution in [0.25, 0.3) is 0 Å². The van der Waals surface area contributed by atoms with Crippen molar-refractivity contribution < 1.29 is 18.7 Å². The van der Waals surface area contributed by atoms with Crippen molar-refractivity contribution in [1.29, 1.82) is 0 Å². The Balaban J connectivity index is 1.89. The molecule has 1 aromatic rings. The van der Waals surface area contributed by atoms with E-state index >= 15 is 0 Å². The molecule has 1 aromatic heterocycles. The van der Waals surface area contributed by atoms with Gasteiger partial charge in [-0.05, 0) is 26.1 Å². The molecule has 0 bridgehead atoms. The van der Waals surface area contributed by atoms with E-state index in [1.54, 1.807) is 4.90 Å². The van der Waals surface area contributed by atoms with Crippen LogP contribution in [-0.4, -0.2) is 74.6 Å². The van der Waals surface area contributed by atoms with Crippen LogP contribution in [0.3, 0.4) is 0 Å². The van der Waals surface area contributed by atoms with Gasteiger partial charge < -0.3 is 24.3 Å². The maximum atomic E-state index is 12.5. The summed E-state index contributed by atoms with van der Waals surface area (Å²) in [6.07, 6.45) is 0.633. The summed E-state index contributed by atoms with van der Waals surface area (Å²) in [5, 5.41) is 2.90. The first kappa shape index (κ1) is 17.5. The SMILES string of the molecule is COCC(=O)N1CCN(C)CC1C(=O)NCCc1ccc(C)o1. The lowest BCUT2D eigenvalue weighted by Crippen LogP contribution is -2.60. The van der Waals surface area contributed by atoms with Gasteiger partial charge in [0.1, 0.15) is 24.2 Å². The second-order valence-corrected chi connectivity index (χ2v) is 5.85. The van der Waals surface area contributed by atoms with Gasteiger partial charge in [-0.1, -0.05) is 0 Å². The Labute approximate surface area is 136 Å². The van der Waals surface area contributed by atoms with Crippen LogP contribution in [0.15, 0.2) is 16.5 Å². The molecule has 2 rings (SSSR count). The molecule has 1 aliphatic rings. The monoisotopic (exact) mass is 323 g/mol. The zero-order valence-corrected chi connectivity index (χ0v) is 14.0. The second-order valence-electron chi connectivity index (χ2n) is 5.85. The highest BCUT2D eigenvalue weighted by atomic mass is 16.5. The number of piperazine rings is 1. The molecule has 0 aliphatic carbocycles. The first-order valence-electron chi connectivity index (χ1n) is 7.81. The number of nitrogens with zero attached hydrogens (tertiary/aromatic N) is 2. The van der Waals surface area contributed by atoms with Crippen molar-refractivity contribution in [3.05, 3.63) is 23.7 Å². The molecule has 23 heavy (non-hydrogen) atoms. The van der Waals surface area contributed by atoms with Gasteiger partial charge in [-0.15, -0.1) is 0 Å². The Morgan fingerprint density at radius 3 is 2.83 bits per heavy atom. The zero-order valence-electron chi connectivity index (χ0n) is 14.0. The molecule has 7 nitrogen and oxygen atoms in total. The van der Waals surface area contributed by atoms with E-state index in [9.17, 15) is 9.59 Å².